The Labute approximate surface area is 213 Å². The van der Waals surface area contributed by atoms with Gasteiger partial charge in [-0.1, -0.05) is 48.9 Å². The van der Waals surface area contributed by atoms with Crippen molar-refractivity contribution in [3.63, 3.8) is 0 Å². The van der Waals surface area contributed by atoms with Gasteiger partial charge in [-0.3, -0.25) is 9.69 Å². The van der Waals surface area contributed by atoms with Crippen molar-refractivity contribution in [1.82, 2.24) is 10.2 Å². The van der Waals surface area contributed by atoms with Crippen LogP contribution in [0.2, 0.25) is 5.02 Å². The van der Waals surface area contributed by atoms with Gasteiger partial charge in [-0.25, -0.2) is 0 Å². The van der Waals surface area contributed by atoms with Crippen LogP contribution in [-0.2, 0) is 13.0 Å². The topological polar surface area (TPSA) is 50.8 Å². The predicted molar refractivity (Wildman–Crippen MR) is 141 cm³/mol. The summed E-state index contributed by atoms with van der Waals surface area (Å²) in [5.41, 5.74) is 5.51. The first kappa shape index (κ1) is 25.1. The number of benzene rings is 3. The van der Waals surface area contributed by atoms with Crippen LogP contribution in [0, 0.1) is 6.92 Å². The Morgan fingerprint density at radius 3 is 2.51 bits per heavy atom. The molecule has 1 aliphatic heterocycles. The van der Waals surface area contributed by atoms with Crippen molar-refractivity contribution in [3.05, 3.63) is 93.5 Å². The second-order valence-corrected chi connectivity index (χ2v) is 9.43. The summed E-state index contributed by atoms with van der Waals surface area (Å²) in [6, 6.07) is 19.6. The molecule has 0 spiro atoms. The number of carbonyl (C=O) groups excluding carboxylic acids is 1. The molecule has 4 rings (SSSR count). The Bertz CT molecular complexity index is 1200. The predicted octanol–water partition coefficient (Wildman–Crippen LogP) is 5.97. The molecule has 2 unspecified atom stereocenters. The molecule has 1 N–H and O–H groups in total. The molecule has 2 atom stereocenters. The van der Waals surface area contributed by atoms with Gasteiger partial charge < -0.3 is 14.8 Å². The number of methoxy groups -OCH3 is 2. The summed E-state index contributed by atoms with van der Waals surface area (Å²) in [6.45, 7) is 5.94. The lowest BCUT2D eigenvalue weighted by molar-refractivity contribution is 0.0858. The van der Waals surface area contributed by atoms with Gasteiger partial charge in [-0.05, 0) is 72.4 Å². The molecular weight excluding hydrogens is 460 g/mol. The maximum absolute atomic E-state index is 13.2. The lowest BCUT2D eigenvalue weighted by Gasteiger charge is -2.42. The second kappa shape index (κ2) is 11.1. The van der Waals surface area contributed by atoms with E-state index in [4.69, 9.17) is 21.1 Å². The zero-order valence-corrected chi connectivity index (χ0v) is 21.6. The monoisotopic (exact) mass is 492 g/mol. The first-order valence-electron chi connectivity index (χ1n) is 12.0. The highest BCUT2D eigenvalue weighted by Crippen LogP contribution is 2.41. The number of nitrogens with zero attached hydrogens (tertiary/aromatic N) is 1. The minimum Gasteiger partial charge on any atom is -0.493 e. The van der Waals surface area contributed by atoms with Gasteiger partial charge in [-0.2, -0.15) is 0 Å². The maximum atomic E-state index is 13.2. The van der Waals surface area contributed by atoms with E-state index in [-0.39, 0.29) is 18.0 Å². The zero-order valence-electron chi connectivity index (χ0n) is 20.8. The highest BCUT2D eigenvalue weighted by Gasteiger charge is 2.35. The number of hydrogen-bond donors (Lipinski definition) is 1. The first-order valence-corrected chi connectivity index (χ1v) is 12.4. The summed E-state index contributed by atoms with van der Waals surface area (Å²) in [6.07, 6.45) is 1.67. The fraction of sp³-hybridized carbons (Fsp3) is 0.345. The smallest absolute Gasteiger partial charge is 0.251 e. The number of fused-ring (bicyclic) bond motifs is 1. The number of ether oxygens (including phenoxy) is 2. The SMILES string of the molecule is CCC(NC(=O)c1cccc(Cl)c1)C1c2cc(OC)c(OC)cc2CCN1Cc1ccccc1C. The van der Waals surface area contributed by atoms with E-state index < -0.39 is 0 Å². The summed E-state index contributed by atoms with van der Waals surface area (Å²) in [5, 5.41) is 3.85. The molecule has 35 heavy (non-hydrogen) atoms. The summed E-state index contributed by atoms with van der Waals surface area (Å²) in [5.74, 6) is 1.31. The molecule has 3 aromatic carbocycles. The molecule has 184 valence electrons. The van der Waals surface area contributed by atoms with E-state index in [1.54, 1.807) is 38.5 Å². The first-order chi connectivity index (χ1) is 16.9. The van der Waals surface area contributed by atoms with E-state index in [9.17, 15) is 4.79 Å². The molecule has 0 bridgehead atoms. The van der Waals surface area contributed by atoms with Crippen LogP contribution in [0.25, 0.3) is 0 Å². The molecule has 5 nitrogen and oxygen atoms in total. The zero-order chi connectivity index (χ0) is 24.9. The molecule has 0 aliphatic carbocycles. The van der Waals surface area contributed by atoms with Crippen LogP contribution in [0.5, 0.6) is 11.5 Å². The van der Waals surface area contributed by atoms with E-state index in [1.165, 1.54) is 22.3 Å². The highest BCUT2D eigenvalue weighted by atomic mass is 35.5. The van der Waals surface area contributed by atoms with Crippen LogP contribution in [0.1, 0.15) is 52.0 Å². The Kier molecular flexibility index (Phi) is 7.99. The molecule has 1 aliphatic rings. The lowest BCUT2D eigenvalue weighted by Crippen LogP contribution is -2.48. The van der Waals surface area contributed by atoms with Gasteiger partial charge in [0.05, 0.1) is 20.3 Å². The number of rotatable bonds is 8. The fourth-order valence-electron chi connectivity index (χ4n) is 4.97. The van der Waals surface area contributed by atoms with Crippen LogP contribution in [-0.4, -0.2) is 37.6 Å². The minimum atomic E-state index is -0.122. The van der Waals surface area contributed by atoms with Crippen LogP contribution < -0.4 is 14.8 Å². The third-order valence-corrected chi connectivity index (χ3v) is 7.12. The van der Waals surface area contributed by atoms with Gasteiger partial charge in [0.25, 0.3) is 5.91 Å². The van der Waals surface area contributed by atoms with Crippen molar-refractivity contribution < 1.29 is 14.3 Å². The van der Waals surface area contributed by atoms with Crippen LogP contribution in [0.15, 0.2) is 60.7 Å². The molecule has 0 radical (unpaired) electrons. The number of hydrogen-bond acceptors (Lipinski definition) is 4. The van der Waals surface area contributed by atoms with Gasteiger partial charge >= 0.3 is 0 Å². The van der Waals surface area contributed by atoms with Gasteiger partial charge in [0, 0.05) is 29.7 Å². The van der Waals surface area contributed by atoms with Gasteiger partial charge in [-0.15, -0.1) is 0 Å². The maximum Gasteiger partial charge on any atom is 0.251 e. The average molecular weight is 493 g/mol. The normalized spacial score (nSPS) is 16.3. The number of carbonyl (C=O) groups is 1. The highest BCUT2D eigenvalue weighted by molar-refractivity contribution is 6.30. The molecular formula is C29H33ClN2O3. The van der Waals surface area contributed by atoms with Crippen LogP contribution >= 0.6 is 11.6 Å². The molecule has 0 aromatic heterocycles. The van der Waals surface area contributed by atoms with Crippen molar-refractivity contribution in [1.29, 1.82) is 0 Å². The van der Waals surface area contributed by atoms with Gasteiger partial charge in [0.2, 0.25) is 0 Å². The Morgan fingerprint density at radius 2 is 1.83 bits per heavy atom. The third-order valence-electron chi connectivity index (χ3n) is 6.88. The molecule has 0 fully saturated rings. The van der Waals surface area contributed by atoms with Crippen molar-refractivity contribution >= 4 is 17.5 Å². The fourth-order valence-corrected chi connectivity index (χ4v) is 5.16. The number of aryl methyl sites for hydroxylation is 1. The number of nitrogens with one attached hydrogen (secondary N) is 1. The van der Waals surface area contributed by atoms with E-state index in [1.807, 2.05) is 0 Å². The summed E-state index contributed by atoms with van der Waals surface area (Å²) in [4.78, 5) is 15.7. The van der Waals surface area contributed by atoms with E-state index in [0.29, 0.717) is 16.3 Å². The van der Waals surface area contributed by atoms with E-state index in [0.717, 1.165) is 31.7 Å². The third kappa shape index (κ3) is 5.47. The standard InChI is InChI=1S/C29H33ClN2O3/c1-5-25(31-29(33)21-11-8-12-23(30)15-21)28-24-17-27(35-4)26(34-3)16-20(24)13-14-32(28)18-22-10-7-6-9-19(22)2/h6-12,15-17,25,28H,5,13-14,18H2,1-4H3,(H,31,33). The average Bonchev–Trinajstić information content (AvgIpc) is 2.87. The molecule has 1 heterocycles. The van der Waals surface area contributed by atoms with Crippen molar-refractivity contribution in [2.75, 3.05) is 20.8 Å². The Morgan fingerprint density at radius 1 is 1.09 bits per heavy atom. The molecule has 0 saturated carbocycles. The summed E-state index contributed by atoms with van der Waals surface area (Å²) in [7, 11) is 3.32. The van der Waals surface area contributed by atoms with Crippen LogP contribution in [0.4, 0.5) is 0 Å². The molecule has 3 aromatic rings. The Balaban J connectivity index is 1.74. The number of amides is 1. The van der Waals surface area contributed by atoms with Gasteiger partial charge in [0.15, 0.2) is 11.5 Å². The second-order valence-electron chi connectivity index (χ2n) is 9.00. The molecule has 0 saturated heterocycles. The quantitative estimate of drug-likeness (QED) is 0.420. The van der Waals surface area contributed by atoms with Crippen molar-refractivity contribution in [2.24, 2.45) is 0 Å². The largest absolute Gasteiger partial charge is 0.493 e. The van der Waals surface area contributed by atoms with Crippen LogP contribution in [0.3, 0.4) is 0 Å². The van der Waals surface area contributed by atoms with Crippen molar-refractivity contribution in [3.8, 4) is 11.5 Å². The lowest BCUT2D eigenvalue weighted by atomic mass is 9.86. The van der Waals surface area contributed by atoms with Crippen molar-refractivity contribution in [2.45, 2.75) is 45.3 Å². The summed E-state index contributed by atoms with van der Waals surface area (Å²) < 4.78 is 11.2. The Hall–Kier alpha value is -3.02. The number of halogens is 1. The minimum absolute atomic E-state index is 0.0219. The van der Waals surface area contributed by atoms with E-state index in [2.05, 4.69) is 60.5 Å². The van der Waals surface area contributed by atoms with E-state index >= 15 is 0 Å². The molecule has 1 amide bonds. The van der Waals surface area contributed by atoms with Gasteiger partial charge in [0.1, 0.15) is 0 Å². The summed E-state index contributed by atoms with van der Waals surface area (Å²) >= 11 is 6.15. The molecule has 6 heteroatoms.